The number of hydrogen-bond donors (Lipinski definition) is 0. The predicted molar refractivity (Wildman–Crippen MR) is 534 cm³/mol. The van der Waals surface area contributed by atoms with Crippen LogP contribution in [-0.2, 0) is 104 Å². The molecule has 140 heavy (non-hydrogen) atoms. The highest BCUT2D eigenvalue weighted by atomic mass is 19.4. The minimum atomic E-state index is -4.43. The molecule has 0 atom stereocenters. The molecule has 0 aliphatic heterocycles. The topological polar surface area (TPSA) is 15.5 Å². The zero-order valence-corrected chi connectivity index (χ0v) is 82.5. The fourth-order valence-corrected chi connectivity index (χ4v) is 24.9. The van der Waals surface area contributed by atoms with Gasteiger partial charge in [-0.1, -0.05) is 130 Å². The summed E-state index contributed by atoms with van der Waals surface area (Å²) < 4.78 is 183. The Kier molecular flexibility index (Phi) is 21.9. The molecule has 0 unspecified atom stereocenters. The molecule has 0 saturated carbocycles. The Bertz CT molecular complexity index is 8180. The highest BCUT2D eigenvalue weighted by Gasteiger charge is 2.49. The third-order valence-corrected chi connectivity index (χ3v) is 31.8. The highest BCUT2D eigenvalue weighted by molar-refractivity contribution is 5.97. The fourth-order valence-electron chi connectivity index (χ4n) is 24.9. The maximum absolute atomic E-state index is 14.5. The standard InChI is InChI=1S/4C31H27F3N/c1-16-6-7-21-20(11-16)13-24-25(21)15-28(31(32,33)34)29-22-8-9-35(5)30(27(22)14-26(24)29)23-12-17(2)10-18(3)19(23)4;1-16-6-7-20-13-24-25(23(20)11-16)15-28(31(32,33)34)29-21-8-9-35(5)30(27(21)14-26(24)29)22-12-17(2)10-18(3)19(22)4;1-16-11-18(3)19(4)23(12-16)30-27-14-26-24-13-22-17(2)7-6-8-20(22)25(24)15-28(31(32,33)34)29(26)21(27)9-10-35(30)5;1-16-11-18(3)19(4)22(12-16)30-26-14-24-23-13-20-8-6-7-17(2)28(20)25(23)15-27(31(32,33)34)29(24)21(26)9-10-35(30)5/h4*6-12,15H,13-14H2,1-5H3/q4*+1. The van der Waals surface area contributed by atoms with E-state index in [-0.39, 0.29) is 0 Å². The van der Waals surface area contributed by atoms with Crippen LogP contribution in [0.15, 0.2) is 195 Å². The Balaban J connectivity index is 0.000000111. The molecule has 12 aromatic carbocycles. The number of aromatic nitrogens is 4. The molecule has 4 heterocycles. The molecule has 0 spiro atoms. The van der Waals surface area contributed by atoms with Crippen molar-refractivity contribution < 1.29 is 71.0 Å². The van der Waals surface area contributed by atoms with Crippen molar-refractivity contribution in [1.29, 1.82) is 0 Å². The number of nitrogens with zero attached hydrogens (tertiary/aromatic N) is 4. The second-order valence-corrected chi connectivity index (χ2v) is 40.8. The first-order valence-corrected chi connectivity index (χ1v) is 48.0. The third kappa shape index (κ3) is 14.9. The molecule has 4 nitrogen and oxygen atoms in total. The van der Waals surface area contributed by atoms with Gasteiger partial charge in [-0.05, 0) is 396 Å². The lowest BCUT2D eigenvalue weighted by molar-refractivity contribution is -0.660. The van der Waals surface area contributed by atoms with Gasteiger partial charge < -0.3 is 0 Å². The van der Waals surface area contributed by atoms with E-state index < -0.39 is 47.0 Å². The molecule has 0 saturated heterocycles. The van der Waals surface area contributed by atoms with Gasteiger partial charge in [-0.15, -0.1) is 0 Å². The minimum Gasteiger partial charge on any atom is -0.201 e. The summed E-state index contributed by atoms with van der Waals surface area (Å²) in [5, 5.41) is 0. The largest absolute Gasteiger partial charge is 0.417 e. The first-order valence-electron chi connectivity index (χ1n) is 48.0. The Hall–Kier alpha value is -13.6. The lowest BCUT2D eigenvalue weighted by atomic mass is 9.90. The quantitative estimate of drug-likeness (QED) is 0.123. The van der Waals surface area contributed by atoms with Crippen LogP contribution in [0.3, 0.4) is 0 Å². The lowest BCUT2D eigenvalue weighted by Gasteiger charge is -2.17. The number of alkyl halides is 12. The average molecular weight is 1880 g/mol. The molecule has 24 rings (SSSR count). The fraction of sp³-hybridized carbons (Fsp3) is 0.258. The molecule has 0 amide bonds. The van der Waals surface area contributed by atoms with Crippen LogP contribution in [0.2, 0.25) is 0 Å². The second-order valence-electron chi connectivity index (χ2n) is 40.8. The van der Waals surface area contributed by atoms with E-state index in [0.717, 1.165) is 234 Å². The molecule has 16 aromatic rings. The van der Waals surface area contributed by atoms with Gasteiger partial charge in [0, 0.05) is 94.5 Å². The summed E-state index contributed by atoms with van der Waals surface area (Å²) in [4.78, 5) is 0. The van der Waals surface area contributed by atoms with Crippen LogP contribution in [0.25, 0.3) is 134 Å². The van der Waals surface area contributed by atoms with Crippen molar-refractivity contribution >= 4 is 0 Å². The van der Waals surface area contributed by atoms with Crippen molar-refractivity contribution in [2.24, 2.45) is 28.2 Å². The Labute approximate surface area is 810 Å². The van der Waals surface area contributed by atoms with Crippen molar-refractivity contribution in [1.82, 2.24) is 0 Å². The lowest BCUT2D eigenvalue weighted by Crippen LogP contribution is -2.32. The predicted octanol–water partition coefficient (Wildman–Crippen LogP) is 30.3. The van der Waals surface area contributed by atoms with Gasteiger partial charge in [0.15, 0.2) is 24.8 Å². The molecule has 0 fully saturated rings. The molecule has 0 bridgehead atoms. The van der Waals surface area contributed by atoms with Crippen molar-refractivity contribution in [3.63, 3.8) is 0 Å². The zero-order chi connectivity index (χ0) is 99.2. The van der Waals surface area contributed by atoms with Crippen LogP contribution in [0.5, 0.6) is 0 Å². The average Bonchev–Trinajstić information content (AvgIpc) is 1.57. The monoisotopic (exact) mass is 1880 g/mol. The van der Waals surface area contributed by atoms with Crippen LogP contribution >= 0.6 is 0 Å². The SMILES string of the molecule is Cc1cc(C)c(C)c(-c2c3c(cc[n+]2C)-c2c(C(F)(F)F)cc4c(c2C3)Cc2c(C)cccc2-4)c1.Cc1cc(C)c(C)c(-c2c3c(cc[n+]2C)-c2c(C(F)(F)F)cc4c(c2C3)Cc2cccc(C)c2-4)c1.Cc1ccc2c(c1)-c1cc(C(F)(F)F)c3c(c1C2)Cc1c-3cc[n+](C)c1-c1cc(C)cc(C)c1C.Cc1ccc2c(c1)Cc1c-2cc(C(F)(F)F)c2c1Cc1c-2cc[n+](C)c1-c1cc(C)cc(C)c1C. The van der Waals surface area contributed by atoms with Crippen molar-refractivity contribution in [3.05, 3.63) is 395 Å². The van der Waals surface area contributed by atoms with Crippen LogP contribution in [0.4, 0.5) is 52.7 Å². The molecule has 16 heteroatoms. The van der Waals surface area contributed by atoms with E-state index in [1.807, 2.05) is 166 Å². The second kappa shape index (κ2) is 33.0. The Morgan fingerprint density at radius 1 is 0.186 bits per heavy atom. The van der Waals surface area contributed by atoms with Crippen LogP contribution in [0, 0.1) is 111 Å². The molecule has 4 aromatic heterocycles. The van der Waals surface area contributed by atoms with Crippen LogP contribution in [0.1, 0.15) is 200 Å². The zero-order valence-electron chi connectivity index (χ0n) is 82.5. The van der Waals surface area contributed by atoms with Gasteiger partial charge in [-0.2, -0.15) is 52.7 Å². The summed E-state index contributed by atoms with van der Waals surface area (Å²) in [6.07, 6.45) is -5.28. The number of aryl methyl sites for hydroxylation is 16. The highest BCUT2D eigenvalue weighted by Crippen LogP contribution is 2.60. The smallest absolute Gasteiger partial charge is 0.201 e. The van der Waals surface area contributed by atoms with E-state index in [9.17, 15) is 52.7 Å². The van der Waals surface area contributed by atoms with E-state index in [4.69, 9.17) is 0 Å². The van der Waals surface area contributed by atoms with Gasteiger partial charge in [0.25, 0.3) is 0 Å². The number of halogens is 12. The number of pyridine rings is 4. The van der Waals surface area contributed by atoms with Gasteiger partial charge >= 0.3 is 24.7 Å². The molecule has 0 N–H and O–H groups in total. The number of hydrogen-bond acceptors (Lipinski definition) is 0. The molecule has 8 aliphatic rings. The maximum atomic E-state index is 14.5. The number of benzene rings is 12. The number of rotatable bonds is 4. The molecule has 8 aliphatic carbocycles. The first-order chi connectivity index (χ1) is 66.2. The van der Waals surface area contributed by atoms with Crippen LogP contribution < -0.4 is 18.3 Å². The Morgan fingerprint density at radius 2 is 0.479 bits per heavy atom. The van der Waals surface area contributed by atoms with E-state index in [1.54, 1.807) is 0 Å². The van der Waals surface area contributed by atoms with Crippen LogP contribution in [-0.4, -0.2) is 0 Å². The van der Waals surface area contributed by atoms with E-state index >= 15 is 0 Å². The Morgan fingerprint density at radius 3 is 0.857 bits per heavy atom. The molecule has 0 radical (unpaired) electrons. The first kappa shape index (κ1) is 92.7. The maximum Gasteiger partial charge on any atom is 0.417 e. The normalized spacial score (nSPS) is 13.5. The van der Waals surface area contributed by atoms with E-state index in [1.165, 1.54) is 68.8 Å². The van der Waals surface area contributed by atoms with Crippen molar-refractivity contribution in [2.45, 2.75) is 187 Å². The number of fused-ring (bicyclic) bond motifs is 28. The minimum absolute atomic E-state index is 0.375. The summed E-state index contributed by atoms with van der Waals surface area (Å²) in [5.41, 5.74) is 51.9. The van der Waals surface area contributed by atoms with Gasteiger partial charge in [-0.3, -0.25) is 0 Å². The van der Waals surface area contributed by atoms with Gasteiger partial charge in [0.2, 0.25) is 22.8 Å². The summed E-state index contributed by atoms with van der Waals surface area (Å²) in [6, 6.07) is 54.6. The van der Waals surface area contributed by atoms with Crippen molar-refractivity contribution in [2.75, 3.05) is 0 Å². The van der Waals surface area contributed by atoms with Crippen molar-refractivity contribution in [3.8, 4) is 134 Å². The molecule has 704 valence electrons. The molecular weight excluding hydrogens is 1770 g/mol. The summed E-state index contributed by atoms with van der Waals surface area (Å²) in [7, 11) is 7.96. The van der Waals surface area contributed by atoms with Gasteiger partial charge in [-0.25, -0.2) is 18.3 Å². The third-order valence-electron chi connectivity index (χ3n) is 31.8. The van der Waals surface area contributed by atoms with E-state index in [0.29, 0.717) is 84.7 Å². The molecular formula is C124H108F12N4+4. The summed E-state index contributed by atoms with van der Waals surface area (Å²) >= 11 is 0. The van der Waals surface area contributed by atoms with E-state index in [2.05, 4.69) is 162 Å². The summed E-state index contributed by atoms with van der Waals surface area (Å²) in [6.45, 7) is 33.1. The summed E-state index contributed by atoms with van der Waals surface area (Å²) in [5.74, 6) is 0. The van der Waals surface area contributed by atoms with Gasteiger partial charge in [0.05, 0.1) is 22.3 Å². The van der Waals surface area contributed by atoms with Gasteiger partial charge in [0.1, 0.15) is 28.2 Å².